The number of benzene rings is 1. The maximum absolute atomic E-state index is 10.5. The Balaban J connectivity index is 1.90. The predicted octanol–water partition coefficient (Wildman–Crippen LogP) is 2.86. The lowest BCUT2D eigenvalue weighted by Gasteiger charge is -2.08. The molecule has 1 aromatic rings. The van der Waals surface area contributed by atoms with Crippen LogP contribution in [0.2, 0.25) is 0 Å². The molecule has 0 radical (unpaired) electrons. The number of hydrogen-bond donors (Lipinski definition) is 1. The number of non-ortho nitro benzene ring substituents is 1. The van der Waals surface area contributed by atoms with Gasteiger partial charge in [-0.2, -0.15) is 0 Å². The van der Waals surface area contributed by atoms with E-state index in [0.29, 0.717) is 33.0 Å². The third kappa shape index (κ3) is 9.83. The molecule has 0 saturated carbocycles. The molecule has 0 unspecified atom stereocenters. The van der Waals surface area contributed by atoms with E-state index in [0.717, 1.165) is 31.7 Å². The Morgan fingerprint density at radius 2 is 1.52 bits per heavy atom. The molecule has 7 nitrogen and oxygen atoms in total. The smallest absolute Gasteiger partial charge is 0.269 e. The molecule has 0 heterocycles. The molecular weight excluding hydrogens is 300 g/mol. The molecule has 0 atom stereocenters. The van der Waals surface area contributed by atoms with Crippen LogP contribution >= 0.6 is 0 Å². The highest BCUT2D eigenvalue weighted by Gasteiger charge is 2.03. The van der Waals surface area contributed by atoms with Gasteiger partial charge in [-0.3, -0.25) is 10.1 Å². The Labute approximate surface area is 137 Å². The Bertz CT molecular complexity index is 425. The second-order valence-corrected chi connectivity index (χ2v) is 4.92. The number of nitro benzene ring substituents is 1. The first-order chi connectivity index (χ1) is 11.2. The van der Waals surface area contributed by atoms with Crippen molar-refractivity contribution in [2.75, 3.05) is 51.5 Å². The van der Waals surface area contributed by atoms with Gasteiger partial charge in [-0.15, -0.1) is 0 Å². The van der Waals surface area contributed by atoms with E-state index in [9.17, 15) is 10.1 Å². The van der Waals surface area contributed by atoms with Crippen molar-refractivity contribution in [3.8, 4) is 0 Å². The van der Waals surface area contributed by atoms with Crippen molar-refractivity contribution in [3.63, 3.8) is 0 Å². The van der Waals surface area contributed by atoms with Gasteiger partial charge in [0, 0.05) is 37.6 Å². The quantitative estimate of drug-likeness (QED) is 0.321. The molecule has 0 aliphatic heterocycles. The van der Waals surface area contributed by atoms with E-state index in [-0.39, 0.29) is 5.69 Å². The van der Waals surface area contributed by atoms with Crippen LogP contribution in [0.15, 0.2) is 24.3 Å². The molecule has 0 spiro atoms. The molecule has 1 rings (SSSR count). The van der Waals surface area contributed by atoms with E-state index < -0.39 is 4.92 Å². The molecular formula is C16H26N2O5. The minimum Gasteiger partial charge on any atom is -0.385 e. The molecule has 0 aromatic heterocycles. The van der Waals surface area contributed by atoms with Gasteiger partial charge in [0.1, 0.15) is 0 Å². The van der Waals surface area contributed by atoms with E-state index in [1.54, 1.807) is 12.1 Å². The van der Waals surface area contributed by atoms with Crippen LogP contribution in [-0.4, -0.2) is 51.1 Å². The van der Waals surface area contributed by atoms with Crippen LogP contribution in [0.1, 0.15) is 19.8 Å². The lowest BCUT2D eigenvalue weighted by Crippen LogP contribution is -2.11. The minimum atomic E-state index is -0.407. The van der Waals surface area contributed by atoms with Gasteiger partial charge in [-0.1, -0.05) is 6.92 Å². The van der Waals surface area contributed by atoms with Crippen molar-refractivity contribution < 1.29 is 19.1 Å². The first kappa shape index (κ1) is 19.3. The third-order valence-electron chi connectivity index (χ3n) is 2.97. The zero-order valence-electron chi connectivity index (χ0n) is 13.7. The second-order valence-electron chi connectivity index (χ2n) is 4.92. The minimum absolute atomic E-state index is 0.0963. The summed E-state index contributed by atoms with van der Waals surface area (Å²) in [7, 11) is 0. The molecule has 0 aliphatic carbocycles. The number of ether oxygens (including phenoxy) is 3. The van der Waals surface area contributed by atoms with E-state index in [4.69, 9.17) is 14.2 Å². The number of nitrogens with zero attached hydrogens (tertiary/aromatic N) is 1. The van der Waals surface area contributed by atoms with Crippen LogP contribution in [0, 0.1) is 10.1 Å². The van der Waals surface area contributed by atoms with Crippen molar-refractivity contribution >= 4 is 11.4 Å². The van der Waals surface area contributed by atoms with Crippen LogP contribution in [0.5, 0.6) is 0 Å². The zero-order chi connectivity index (χ0) is 16.8. The molecule has 1 aromatic carbocycles. The average molecular weight is 326 g/mol. The largest absolute Gasteiger partial charge is 0.385 e. The number of nitrogens with one attached hydrogen (secondary N) is 1. The molecule has 23 heavy (non-hydrogen) atoms. The highest BCUT2D eigenvalue weighted by molar-refractivity contribution is 5.48. The van der Waals surface area contributed by atoms with Gasteiger partial charge < -0.3 is 19.5 Å². The maximum atomic E-state index is 10.5. The van der Waals surface area contributed by atoms with Crippen LogP contribution < -0.4 is 5.32 Å². The third-order valence-corrected chi connectivity index (χ3v) is 2.97. The van der Waals surface area contributed by atoms with E-state index in [1.807, 2.05) is 0 Å². The van der Waals surface area contributed by atoms with Crippen LogP contribution in [0.4, 0.5) is 11.4 Å². The Morgan fingerprint density at radius 3 is 2.09 bits per heavy atom. The Hall–Kier alpha value is -1.70. The molecule has 130 valence electrons. The topological polar surface area (TPSA) is 82.9 Å². The number of hydrogen-bond acceptors (Lipinski definition) is 6. The summed E-state index contributed by atoms with van der Waals surface area (Å²) in [6.07, 6.45) is 1.88. The second kappa shape index (κ2) is 12.8. The first-order valence-corrected chi connectivity index (χ1v) is 7.95. The zero-order valence-corrected chi connectivity index (χ0v) is 13.7. The molecule has 0 bridgehead atoms. The molecule has 0 aliphatic rings. The SMILES string of the molecule is CCCOCCOCCOCCCNc1ccc([N+](=O)[O-])cc1. The van der Waals surface area contributed by atoms with Gasteiger partial charge in [0.2, 0.25) is 0 Å². The van der Waals surface area contributed by atoms with Gasteiger partial charge >= 0.3 is 0 Å². The van der Waals surface area contributed by atoms with Crippen molar-refractivity contribution in [1.82, 2.24) is 0 Å². The molecule has 0 fully saturated rings. The summed E-state index contributed by atoms with van der Waals surface area (Å²) in [5.74, 6) is 0. The molecule has 1 N–H and O–H groups in total. The summed E-state index contributed by atoms with van der Waals surface area (Å²) in [5.41, 5.74) is 0.963. The van der Waals surface area contributed by atoms with E-state index in [2.05, 4.69) is 12.2 Å². The molecule has 0 amide bonds. The Morgan fingerprint density at radius 1 is 0.957 bits per heavy atom. The predicted molar refractivity (Wildman–Crippen MR) is 89.0 cm³/mol. The fraction of sp³-hybridized carbons (Fsp3) is 0.625. The summed E-state index contributed by atoms with van der Waals surface area (Å²) < 4.78 is 16.1. The van der Waals surface area contributed by atoms with E-state index in [1.165, 1.54) is 12.1 Å². The van der Waals surface area contributed by atoms with Crippen molar-refractivity contribution in [2.24, 2.45) is 0 Å². The number of rotatable bonds is 14. The molecule has 7 heteroatoms. The highest BCUT2D eigenvalue weighted by atomic mass is 16.6. The summed E-state index contributed by atoms with van der Waals surface area (Å²) in [6.45, 7) is 6.64. The summed E-state index contributed by atoms with van der Waals surface area (Å²) >= 11 is 0. The van der Waals surface area contributed by atoms with E-state index >= 15 is 0 Å². The van der Waals surface area contributed by atoms with Gasteiger partial charge in [-0.25, -0.2) is 0 Å². The average Bonchev–Trinajstić information content (AvgIpc) is 2.56. The first-order valence-electron chi connectivity index (χ1n) is 7.95. The molecule has 0 saturated heterocycles. The van der Waals surface area contributed by atoms with Gasteiger partial charge in [0.25, 0.3) is 5.69 Å². The van der Waals surface area contributed by atoms with Crippen LogP contribution in [0.3, 0.4) is 0 Å². The summed E-state index contributed by atoms with van der Waals surface area (Å²) in [6, 6.07) is 6.38. The summed E-state index contributed by atoms with van der Waals surface area (Å²) in [5, 5.41) is 13.7. The number of nitro groups is 1. The van der Waals surface area contributed by atoms with Crippen molar-refractivity contribution in [1.29, 1.82) is 0 Å². The van der Waals surface area contributed by atoms with Crippen molar-refractivity contribution in [2.45, 2.75) is 19.8 Å². The maximum Gasteiger partial charge on any atom is 0.269 e. The van der Waals surface area contributed by atoms with Crippen LogP contribution in [-0.2, 0) is 14.2 Å². The standard InChI is InChI=1S/C16H26N2O5/c1-2-9-21-11-13-23-14-12-22-10-3-8-17-15-4-6-16(7-5-15)18(19)20/h4-7,17H,2-3,8-14H2,1H3. The monoisotopic (exact) mass is 326 g/mol. The van der Waals surface area contributed by atoms with Crippen molar-refractivity contribution in [3.05, 3.63) is 34.4 Å². The van der Waals surface area contributed by atoms with Crippen LogP contribution in [0.25, 0.3) is 0 Å². The van der Waals surface area contributed by atoms with Gasteiger partial charge in [-0.05, 0) is 25.0 Å². The fourth-order valence-electron chi connectivity index (χ4n) is 1.79. The van der Waals surface area contributed by atoms with Gasteiger partial charge in [0.05, 0.1) is 31.4 Å². The lowest BCUT2D eigenvalue weighted by molar-refractivity contribution is -0.384. The normalized spacial score (nSPS) is 10.7. The Kier molecular flexibility index (Phi) is 10.8. The van der Waals surface area contributed by atoms with Gasteiger partial charge in [0.15, 0.2) is 0 Å². The summed E-state index contributed by atoms with van der Waals surface area (Å²) in [4.78, 5) is 10.1. The highest BCUT2D eigenvalue weighted by Crippen LogP contribution is 2.15. The fourth-order valence-corrected chi connectivity index (χ4v) is 1.79. The lowest BCUT2D eigenvalue weighted by atomic mass is 10.3. The number of anilines is 1.